The van der Waals surface area contributed by atoms with E-state index in [2.05, 4.69) is 20.8 Å². The SMILES string of the molecule is O=C(OCc1ccccc1)c1ccc(Br)cc1N1CCOCC1. The Morgan fingerprint density at radius 1 is 1.13 bits per heavy atom. The lowest BCUT2D eigenvalue weighted by Crippen LogP contribution is -2.37. The molecular formula is C18H18BrNO3. The zero-order valence-electron chi connectivity index (χ0n) is 12.7. The van der Waals surface area contributed by atoms with Gasteiger partial charge in [-0.3, -0.25) is 0 Å². The van der Waals surface area contributed by atoms with Crippen LogP contribution in [0.4, 0.5) is 5.69 Å². The minimum atomic E-state index is -0.303. The fourth-order valence-corrected chi connectivity index (χ4v) is 2.89. The third-order valence-electron chi connectivity index (χ3n) is 3.74. The van der Waals surface area contributed by atoms with Crippen LogP contribution in [0.15, 0.2) is 53.0 Å². The minimum absolute atomic E-state index is 0.276. The molecule has 0 amide bonds. The van der Waals surface area contributed by atoms with Crippen LogP contribution in [0.3, 0.4) is 0 Å². The molecule has 0 aliphatic carbocycles. The number of hydrogen-bond acceptors (Lipinski definition) is 4. The highest BCUT2D eigenvalue weighted by Gasteiger charge is 2.20. The maximum atomic E-state index is 12.5. The Labute approximate surface area is 144 Å². The normalized spacial score (nSPS) is 14.6. The quantitative estimate of drug-likeness (QED) is 0.764. The zero-order chi connectivity index (χ0) is 16.1. The van der Waals surface area contributed by atoms with Crippen molar-refractivity contribution >= 4 is 27.6 Å². The molecule has 1 fully saturated rings. The van der Waals surface area contributed by atoms with Crippen LogP contribution in [0.2, 0.25) is 0 Å². The number of benzene rings is 2. The van der Waals surface area contributed by atoms with Crippen molar-refractivity contribution in [3.05, 3.63) is 64.1 Å². The van der Waals surface area contributed by atoms with Gasteiger partial charge in [0.2, 0.25) is 0 Å². The Hall–Kier alpha value is -1.85. The fourth-order valence-electron chi connectivity index (χ4n) is 2.54. The largest absolute Gasteiger partial charge is 0.457 e. The van der Waals surface area contributed by atoms with E-state index in [1.165, 1.54) is 0 Å². The molecule has 1 heterocycles. The van der Waals surface area contributed by atoms with Crippen LogP contribution >= 0.6 is 15.9 Å². The highest BCUT2D eigenvalue weighted by Crippen LogP contribution is 2.27. The third kappa shape index (κ3) is 4.12. The molecule has 0 spiro atoms. The summed E-state index contributed by atoms with van der Waals surface area (Å²) in [5, 5.41) is 0. The molecule has 0 N–H and O–H groups in total. The topological polar surface area (TPSA) is 38.8 Å². The van der Waals surface area contributed by atoms with E-state index < -0.39 is 0 Å². The molecule has 0 saturated carbocycles. The first-order valence-corrected chi connectivity index (χ1v) is 8.36. The van der Waals surface area contributed by atoms with Crippen molar-refractivity contribution in [2.75, 3.05) is 31.2 Å². The van der Waals surface area contributed by atoms with Gasteiger partial charge >= 0.3 is 5.97 Å². The maximum Gasteiger partial charge on any atom is 0.340 e. The summed E-state index contributed by atoms with van der Waals surface area (Å²) in [5.41, 5.74) is 2.46. The molecule has 120 valence electrons. The van der Waals surface area contributed by atoms with E-state index in [0.29, 0.717) is 18.8 Å². The Morgan fingerprint density at radius 3 is 2.61 bits per heavy atom. The highest BCUT2D eigenvalue weighted by atomic mass is 79.9. The number of morpholine rings is 1. The average Bonchev–Trinajstić information content (AvgIpc) is 2.61. The second-order valence-electron chi connectivity index (χ2n) is 5.32. The summed E-state index contributed by atoms with van der Waals surface area (Å²) in [7, 11) is 0. The molecule has 4 nitrogen and oxygen atoms in total. The van der Waals surface area contributed by atoms with Crippen LogP contribution in [0.1, 0.15) is 15.9 Å². The lowest BCUT2D eigenvalue weighted by molar-refractivity contribution is 0.0472. The van der Waals surface area contributed by atoms with E-state index in [4.69, 9.17) is 9.47 Å². The van der Waals surface area contributed by atoms with Gasteiger partial charge in [0.15, 0.2) is 0 Å². The van der Waals surface area contributed by atoms with Crippen LogP contribution < -0.4 is 4.90 Å². The zero-order valence-corrected chi connectivity index (χ0v) is 14.3. The third-order valence-corrected chi connectivity index (χ3v) is 4.24. The van der Waals surface area contributed by atoms with Crippen LogP contribution in [0.5, 0.6) is 0 Å². The number of carbonyl (C=O) groups excluding carboxylic acids is 1. The molecule has 0 atom stereocenters. The maximum absolute atomic E-state index is 12.5. The van der Waals surface area contributed by atoms with E-state index in [9.17, 15) is 4.79 Å². The first-order valence-electron chi connectivity index (χ1n) is 7.57. The number of nitrogens with zero attached hydrogens (tertiary/aromatic N) is 1. The number of anilines is 1. The lowest BCUT2D eigenvalue weighted by Gasteiger charge is -2.30. The van der Waals surface area contributed by atoms with Gasteiger partial charge in [-0.05, 0) is 23.8 Å². The highest BCUT2D eigenvalue weighted by molar-refractivity contribution is 9.10. The average molecular weight is 376 g/mol. The van der Waals surface area contributed by atoms with Gasteiger partial charge in [0, 0.05) is 17.6 Å². The summed E-state index contributed by atoms with van der Waals surface area (Å²) >= 11 is 3.48. The Bertz CT molecular complexity index is 669. The van der Waals surface area contributed by atoms with Crippen molar-refractivity contribution in [2.45, 2.75) is 6.61 Å². The van der Waals surface area contributed by atoms with Gasteiger partial charge in [0.05, 0.1) is 24.5 Å². The molecule has 2 aromatic rings. The summed E-state index contributed by atoms with van der Waals surface area (Å²) in [6, 6.07) is 15.3. The minimum Gasteiger partial charge on any atom is -0.457 e. The second kappa shape index (κ2) is 7.62. The van der Waals surface area contributed by atoms with E-state index in [1.54, 1.807) is 0 Å². The van der Waals surface area contributed by atoms with Crippen LogP contribution in [-0.4, -0.2) is 32.3 Å². The van der Waals surface area contributed by atoms with Crippen molar-refractivity contribution in [3.63, 3.8) is 0 Å². The number of carbonyl (C=O) groups is 1. The predicted molar refractivity (Wildman–Crippen MR) is 92.7 cm³/mol. The summed E-state index contributed by atoms with van der Waals surface area (Å²) in [6.45, 7) is 3.17. The van der Waals surface area contributed by atoms with Crippen molar-refractivity contribution in [3.8, 4) is 0 Å². The van der Waals surface area contributed by atoms with Gasteiger partial charge < -0.3 is 14.4 Å². The lowest BCUT2D eigenvalue weighted by atomic mass is 10.1. The predicted octanol–water partition coefficient (Wildman–Crippen LogP) is 3.64. The summed E-state index contributed by atoms with van der Waals surface area (Å²) < 4.78 is 11.8. The molecular weight excluding hydrogens is 358 g/mol. The van der Waals surface area contributed by atoms with Crippen LogP contribution in [0.25, 0.3) is 0 Å². The van der Waals surface area contributed by atoms with Crippen LogP contribution in [-0.2, 0) is 16.1 Å². The Balaban J connectivity index is 1.76. The second-order valence-corrected chi connectivity index (χ2v) is 6.24. The molecule has 3 rings (SSSR count). The fraction of sp³-hybridized carbons (Fsp3) is 0.278. The molecule has 23 heavy (non-hydrogen) atoms. The molecule has 0 bridgehead atoms. The van der Waals surface area contributed by atoms with Gasteiger partial charge in [-0.2, -0.15) is 0 Å². The van der Waals surface area contributed by atoms with Gasteiger partial charge in [-0.15, -0.1) is 0 Å². The first kappa shape index (κ1) is 16.0. The van der Waals surface area contributed by atoms with Crippen molar-refractivity contribution < 1.29 is 14.3 Å². The number of hydrogen-bond donors (Lipinski definition) is 0. The standard InChI is InChI=1S/C18H18BrNO3/c19-15-6-7-16(17(12-15)20-8-10-22-11-9-20)18(21)23-13-14-4-2-1-3-5-14/h1-7,12H,8-11,13H2. The first-order chi connectivity index (χ1) is 11.2. The number of ether oxygens (including phenoxy) is 2. The molecule has 0 radical (unpaired) electrons. The molecule has 2 aromatic carbocycles. The molecule has 1 saturated heterocycles. The number of halogens is 1. The Kier molecular flexibility index (Phi) is 5.31. The van der Waals surface area contributed by atoms with Crippen molar-refractivity contribution in [1.29, 1.82) is 0 Å². The van der Waals surface area contributed by atoms with Gasteiger partial charge in [0.1, 0.15) is 6.61 Å². The van der Waals surface area contributed by atoms with Gasteiger partial charge in [-0.25, -0.2) is 4.79 Å². The van der Waals surface area contributed by atoms with Gasteiger partial charge in [-0.1, -0.05) is 46.3 Å². The Morgan fingerprint density at radius 2 is 1.87 bits per heavy atom. The van der Waals surface area contributed by atoms with Crippen molar-refractivity contribution in [1.82, 2.24) is 0 Å². The van der Waals surface area contributed by atoms with E-state index in [-0.39, 0.29) is 12.6 Å². The number of esters is 1. The smallest absolute Gasteiger partial charge is 0.340 e. The van der Waals surface area contributed by atoms with Crippen molar-refractivity contribution in [2.24, 2.45) is 0 Å². The molecule has 1 aliphatic rings. The molecule has 1 aliphatic heterocycles. The molecule has 0 aromatic heterocycles. The van der Waals surface area contributed by atoms with E-state index >= 15 is 0 Å². The van der Waals surface area contributed by atoms with Gasteiger partial charge in [0.25, 0.3) is 0 Å². The number of rotatable bonds is 4. The molecule has 5 heteroatoms. The summed E-state index contributed by atoms with van der Waals surface area (Å²) in [6.07, 6.45) is 0. The van der Waals surface area contributed by atoms with Crippen LogP contribution in [0, 0.1) is 0 Å². The summed E-state index contributed by atoms with van der Waals surface area (Å²) in [4.78, 5) is 14.7. The monoisotopic (exact) mass is 375 g/mol. The van der Waals surface area contributed by atoms with E-state index in [0.717, 1.165) is 28.8 Å². The van der Waals surface area contributed by atoms with E-state index in [1.807, 2.05) is 48.5 Å². The molecule has 0 unspecified atom stereocenters. The summed E-state index contributed by atoms with van der Waals surface area (Å²) in [5.74, 6) is -0.303.